The third kappa shape index (κ3) is 3.48. The predicted molar refractivity (Wildman–Crippen MR) is 78.5 cm³/mol. The first-order valence-electron chi connectivity index (χ1n) is 6.45. The predicted octanol–water partition coefficient (Wildman–Crippen LogP) is 4.26. The van der Waals surface area contributed by atoms with Crippen LogP contribution in [0.25, 0.3) is 0 Å². The Labute approximate surface area is 126 Å². The van der Waals surface area contributed by atoms with E-state index < -0.39 is 5.82 Å². The molecule has 2 nitrogen and oxygen atoms in total. The minimum atomic E-state index is -0.546. The molecular weight excluding hydrogens is 333 g/mol. The van der Waals surface area contributed by atoms with Crippen LogP contribution in [0.4, 0.5) is 4.39 Å². The zero-order valence-electron chi connectivity index (χ0n) is 10.5. The number of benzene rings is 1. The molecule has 0 aliphatic heterocycles. The summed E-state index contributed by atoms with van der Waals surface area (Å²) in [6.07, 6.45) is 4.29. The maximum absolute atomic E-state index is 13.8. The van der Waals surface area contributed by atoms with Gasteiger partial charge in [0.2, 0.25) is 0 Å². The molecule has 104 valence electrons. The first-order chi connectivity index (χ1) is 9.13. The first kappa shape index (κ1) is 14.8. The molecule has 1 amide bonds. The molecule has 0 aromatic heterocycles. The van der Waals surface area contributed by atoms with E-state index in [4.69, 9.17) is 11.6 Å². The standard InChI is InChI=1S/C14H16BrClFNO/c15-7-8-18(11-3-1-2-4-11)14(19)12-6-5-10(16)9-13(12)17/h5-6,9,11H,1-4,7-8H2. The van der Waals surface area contributed by atoms with Gasteiger partial charge in [0.25, 0.3) is 5.91 Å². The van der Waals surface area contributed by atoms with Gasteiger partial charge in [-0.25, -0.2) is 4.39 Å². The molecule has 0 saturated heterocycles. The van der Waals surface area contributed by atoms with Crippen molar-refractivity contribution in [2.24, 2.45) is 0 Å². The number of amides is 1. The van der Waals surface area contributed by atoms with Crippen LogP contribution < -0.4 is 0 Å². The van der Waals surface area contributed by atoms with E-state index in [1.165, 1.54) is 12.1 Å². The summed E-state index contributed by atoms with van der Waals surface area (Å²) in [6.45, 7) is 0.603. The maximum Gasteiger partial charge on any atom is 0.257 e. The number of halogens is 3. The van der Waals surface area contributed by atoms with Crippen molar-refractivity contribution in [3.8, 4) is 0 Å². The highest BCUT2D eigenvalue weighted by Crippen LogP contribution is 2.26. The molecule has 1 aromatic carbocycles. The fourth-order valence-electron chi connectivity index (χ4n) is 2.57. The van der Waals surface area contributed by atoms with Gasteiger partial charge in [-0.1, -0.05) is 40.4 Å². The average molecular weight is 349 g/mol. The zero-order chi connectivity index (χ0) is 13.8. The highest BCUT2D eigenvalue weighted by atomic mass is 79.9. The van der Waals surface area contributed by atoms with Crippen molar-refractivity contribution >= 4 is 33.4 Å². The fraction of sp³-hybridized carbons (Fsp3) is 0.500. The topological polar surface area (TPSA) is 20.3 Å². The van der Waals surface area contributed by atoms with Crippen molar-refractivity contribution in [1.29, 1.82) is 0 Å². The fourth-order valence-corrected chi connectivity index (χ4v) is 3.12. The Kier molecular flexibility index (Phi) is 5.22. The summed E-state index contributed by atoms with van der Waals surface area (Å²) in [5, 5.41) is 1.01. The van der Waals surface area contributed by atoms with Crippen LogP contribution in [0, 0.1) is 5.82 Å². The number of alkyl halides is 1. The second-order valence-corrected chi connectivity index (χ2v) is 5.98. The van der Waals surface area contributed by atoms with Crippen LogP contribution in [0.2, 0.25) is 5.02 Å². The summed E-state index contributed by atoms with van der Waals surface area (Å²) in [4.78, 5) is 14.3. The smallest absolute Gasteiger partial charge is 0.257 e. The lowest BCUT2D eigenvalue weighted by Gasteiger charge is -2.28. The van der Waals surface area contributed by atoms with Gasteiger partial charge in [-0.15, -0.1) is 0 Å². The summed E-state index contributed by atoms with van der Waals surface area (Å²) in [6, 6.07) is 4.45. The van der Waals surface area contributed by atoms with Crippen molar-refractivity contribution in [2.75, 3.05) is 11.9 Å². The Morgan fingerprint density at radius 2 is 2.11 bits per heavy atom. The van der Waals surface area contributed by atoms with Gasteiger partial charge >= 0.3 is 0 Å². The molecule has 0 heterocycles. The summed E-state index contributed by atoms with van der Waals surface area (Å²) >= 11 is 9.08. The second-order valence-electron chi connectivity index (χ2n) is 4.75. The van der Waals surface area contributed by atoms with Crippen molar-refractivity contribution < 1.29 is 9.18 Å². The van der Waals surface area contributed by atoms with Crippen LogP contribution in [0.1, 0.15) is 36.0 Å². The largest absolute Gasteiger partial charge is 0.335 e. The zero-order valence-corrected chi connectivity index (χ0v) is 12.9. The number of hydrogen-bond acceptors (Lipinski definition) is 1. The monoisotopic (exact) mass is 347 g/mol. The Balaban J connectivity index is 2.22. The van der Waals surface area contributed by atoms with Gasteiger partial charge in [0.15, 0.2) is 0 Å². The maximum atomic E-state index is 13.8. The number of rotatable bonds is 4. The Morgan fingerprint density at radius 3 is 2.68 bits per heavy atom. The Bertz CT molecular complexity index is 463. The summed E-state index contributed by atoms with van der Waals surface area (Å²) < 4.78 is 13.8. The van der Waals surface area contributed by atoms with Crippen LogP contribution in [-0.4, -0.2) is 28.7 Å². The molecule has 2 rings (SSSR count). The van der Waals surface area contributed by atoms with Crippen molar-refractivity contribution in [3.05, 3.63) is 34.6 Å². The van der Waals surface area contributed by atoms with Crippen LogP contribution in [0.15, 0.2) is 18.2 Å². The molecule has 0 radical (unpaired) electrons. The van der Waals surface area contributed by atoms with E-state index in [2.05, 4.69) is 15.9 Å². The van der Waals surface area contributed by atoms with Gasteiger partial charge in [0.1, 0.15) is 5.82 Å². The van der Waals surface area contributed by atoms with E-state index in [0.29, 0.717) is 16.9 Å². The second kappa shape index (κ2) is 6.71. The third-order valence-electron chi connectivity index (χ3n) is 3.51. The number of hydrogen-bond donors (Lipinski definition) is 0. The Hall–Kier alpha value is -0.610. The molecule has 1 aliphatic rings. The number of nitrogens with zero attached hydrogens (tertiary/aromatic N) is 1. The van der Waals surface area contributed by atoms with Crippen LogP contribution in [0.3, 0.4) is 0 Å². The van der Waals surface area contributed by atoms with Gasteiger partial charge < -0.3 is 4.90 Å². The number of carbonyl (C=O) groups excluding carboxylic acids is 1. The van der Waals surface area contributed by atoms with Gasteiger partial charge in [-0.3, -0.25) is 4.79 Å². The highest BCUT2D eigenvalue weighted by Gasteiger charge is 2.28. The normalized spacial score (nSPS) is 15.7. The minimum Gasteiger partial charge on any atom is -0.335 e. The lowest BCUT2D eigenvalue weighted by atomic mass is 10.1. The van der Waals surface area contributed by atoms with Crippen LogP contribution in [-0.2, 0) is 0 Å². The van der Waals surface area contributed by atoms with E-state index in [-0.39, 0.29) is 17.5 Å². The van der Waals surface area contributed by atoms with Gasteiger partial charge in [0.05, 0.1) is 5.56 Å². The average Bonchev–Trinajstić information content (AvgIpc) is 2.89. The lowest BCUT2D eigenvalue weighted by molar-refractivity contribution is 0.0691. The molecule has 1 aromatic rings. The van der Waals surface area contributed by atoms with Crippen molar-refractivity contribution in [3.63, 3.8) is 0 Å². The summed E-state index contributed by atoms with van der Waals surface area (Å²) in [5.74, 6) is -0.782. The minimum absolute atomic E-state index is 0.109. The molecule has 0 unspecified atom stereocenters. The summed E-state index contributed by atoms with van der Waals surface area (Å²) in [7, 11) is 0. The molecule has 0 spiro atoms. The third-order valence-corrected chi connectivity index (χ3v) is 4.10. The molecule has 1 saturated carbocycles. The molecule has 5 heteroatoms. The molecular formula is C14H16BrClFNO. The molecule has 1 fully saturated rings. The van der Waals surface area contributed by atoms with E-state index in [0.717, 1.165) is 25.7 Å². The number of carbonyl (C=O) groups is 1. The molecule has 0 atom stereocenters. The van der Waals surface area contributed by atoms with Crippen LogP contribution >= 0.6 is 27.5 Å². The van der Waals surface area contributed by atoms with E-state index in [9.17, 15) is 9.18 Å². The molecule has 19 heavy (non-hydrogen) atoms. The molecule has 1 aliphatic carbocycles. The Morgan fingerprint density at radius 1 is 1.42 bits per heavy atom. The lowest BCUT2D eigenvalue weighted by Crippen LogP contribution is -2.40. The van der Waals surface area contributed by atoms with Crippen molar-refractivity contribution in [1.82, 2.24) is 4.90 Å². The van der Waals surface area contributed by atoms with Gasteiger partial charge in [-0.2, -0.15) is 0 Å². The quantitative estimate of drug-likeness (QED) is 0.745. The van der Waals surface area contributed by atoms with E-state index >= 15 is 0 Å². The van der Waals surface area contributed by atoms with E-state index in [1.807, 2.05) is 0 Å². The highest BCUT2D eigenvalue weighted by molar-refractivity contribution is 9.09. The van der Waals surface area contributed by atoms with Gasteiger partial charge in [-0.05, 0) is 31.0 Å². The van der Waals surface area contributed by atoms with Crippen LogP contribution in [0.5, 0.6) is 0 Å². The molecule has 0 N–H and O–H groups in total. The molecule has 0 bridgehead atoms. The van der Waals surface area contributed by atoms with Crippen molar-refractivity contribution in [2.45, 2.75) is 31.7 Å². The first-order valence-corrected chi connectivity index (χ1v) is 7.95. The SMILES string of the molecule is O=C(c1ccc(Cl)cc1F)N(CCBr)C1CCCC1. The van der Waals surface area contributed by atoms with Gasteiger partial charge in [0, 0.05) is 22.9 Å². The van der Waals surface area contributed by atoms with E-state index in [1.54, 1.807) is 11.0 Å². The summed E-state index contributed by atoms with van der Waals surface area (Å²) in [5.41, 5.74) is 0.109.